The van der Waals surface area contributed by atoms with Gasteiger partial charge in [0, 0.05) is 64.7 Å². The number of aromatic nitrogens is 2. The second-order valence-corrected chi connectivity index (χ2v) is 7.56. The van der Waals surface area contributed by atoms with Crippen LogP contribution in [-0.4, -0.2) is 67.2 Å². The average molecular weight is 395 g/mol. The zero-order valence-electron chi connectivity index (χ0n) is 17.1. The first-order chi connectivity index (χ1) is 14.3. The van der Waals surface area contributed by atoms with Crippen LogP contribution in [0.1, 0.15) is 24.5 Å². The van der Waals surface area contributed by atoms with Gasteiger partial charge in [0.2, 0.25) is 5.95 Å². The third kappa shape index (κ3) is 4.85. The smallest absolute Gasteiger partial charge is 0.225 e. The van der Waals surface area contributed by atoms with E-state index in [1.54, 1.807) is 12.4 Å². The fraction of sp³-hybridized carbons (Fsp3) is 0.500. The molecule has 0 amide bonds. The molecule has 1 N–H and O–H groups in total. The first-order valence-corrected chi connectivity index (χ1v) is 10.5. The van der Waals surface area contributed by atoms with Gasteiger partial charge in [-0.15, -0.1) is 0 Å². The Morgan fingerprint density at radius 1 is 1.10 bits per heavy atom. The summed E-state index contributed by atoms with van der Waals surface area (Å²) < 4.78 is 6.14. The molecule has 29 heavy (non-hydrogen) atoms. The van der Waals surface area contributed by atoms with Crippen molar-refractivity contribution in [2.75, 3.05) is 51.3 Å². The molecule has 2 unspecified atom stereocenters. The molecule has 1 aromatic carbocycles. The molecule has 1 aromatic heterocycles. The van der Waals surface area contributed by atoms with Gasteiger partial charge >= 0.3 is 0 Å². The van der Waals surface area contributed by atoms with Crippen molar-refractivity contribution >= 4 is 11.9 Å². The number of nitrogens with one attached hydrogen (secondary N) is 1. The molecule has 0 saturated carbocycles. The van der Waals surface area contributed by atoms with E-state index in [1.807, 2.05) is 13.1 Å². The van der Waals surface area contributed by atoms with E-state index in [2.05, 4.69) is 60.4 Å². The Labute approximate surface area is 172 Å². The van der Waals surface area contributed by atoms with Gasteiger partial charge in [-0.2, -0.15) is 0 Å². The molecule has 7 nitrogen and oxygen atoms in total. The molecule has 2 atom stereocenters. The molecular formula is C22H30N6O. The maximum atomic E-state index is 6.14. The van der Waals surface area contributed by atoms with E-state index in [-0.39, 0.29) is 6.10 Å². The highest BCUT2D eigenvalue weighted by molar-refractivity contribution is 5.80. The van der Waals surface area contributed by atoms with E-state index in [0.717, 1.165) is 57.7 Å². The summed E-state index contributed by atoms with van der Waals surface area (Å²) in [6, 6.07) is 12.4. The van der Waals surface area contributed by atoms with Gasteiger partial charge in [0.25, 0.3) is 0 Å². The highest BCUT2D eigenvalue weighted by Crippen LogP contribution is 2.33. The number of piperazine rings is 1. The number of anilines is 1. The molecule has 0 bridgehead atoms. The highest BCUT2D eigenvalue weighted by atomic mass is 16.5. The predicted octanol–water partition coefficient (Wildman–Crippen LogP) is 2.34. The molecule has 2 aliphatic heterocycles. The molecule has 0 aliphatic carbocycles. The van der Waals surface area contributed by atoms with Gasteiger partial charge < -0.3 is 19.9 Å². The standard InChI is InChI=1S/C22H30N6O/c1-23-21(27-12-14-28(15-13-27)22-24-10-6-11-25-22)26-17-19-9-5-16-29-20(19)18-7-3-2-4-8-18/h2-4,6-8,10-11,19-20H,5,9,12-17H2,1H3,(H,23,26). The summed E-state index contributed by atoms with van der Waals surface area (Å²) in [7, 11) is 1.86. The summed E-state index contributed by atoms with van der Waals surface area (Å²) in [5.41, 5.74) is 1.27. The lowest BCUT2D eigenvalue weighted by atomic mass is 9.89. The minimum Gasteiger partial charge on any atom is -0.373 e. The Morgan fingerprint density at radius 2 is 1.86 bits per heavy atom. The number of benzene rings is 1. The summed E-state index contributed by atoms with van der Waals surface area (Å²) >= 11 is 0. The van der Waals surface area contributed by atoms with Crippen molar-refractivity contribution in [3.05, 3.63) is 54.4 Å². The maximum Gasteiger partial charge on any atom is 0.225 e. The van der Waals surface area contributed by atoms with Crippen molar-refractivity contribution in [1.82, 2.24) is 20.2 Å². The summed E-state index contributed by atoms with van der Waals surface area (Å²) in [6.07, 6.45) is 6.03. The molecule has 154 valence electrons. The Kier molecular flexibility index (Phi) is 6.56. The fourth-order valence-corrected chi connectivity index (χ4v) is 4.19. The molecule has 2 aliphatic rings. The van der Waals surface area contributed by atoms with Gasteiger partial charge in [-0.25, -0.2) is 9.97 Å². The van der Waals surface area contributed by atoms with Crippen LogP contribution in [0.2, 0.25) is 0 Å². The second kappa shape index (κ2) is 9.69. The number of nitrogens with zero attached hydrogens (tertiary/aromatic N) is 5. The van der Waals surface area contributed by atoms with Crippen molar-refractivity contribution in [2.24, 2.45) is 10.9 Å². The first kappa shape index (κ1) is 19.6. The number of rotatable bonds is 4. The maximum absolute atomic E-state index is 6.14. The first-order valence-electron chi connectivity index (χ1n) is 10.5. The van der Waals surface area contributed by atoms with Crippen LogP contribution < -0.4 is 10.2 Å². The van der Waals surface area contributed by atoms with Crippen LogP contribution in [0.4, 0.5) is 5.95 Å². The van der Waals surface area contributed by atoms with E-state index >= 15 is 0 Å². The van der Waals surface area contributed by atoms with Gasteiger partial charge in [0.1, 0.15) is 0 Å². The molecule has 0 spiro atoms. The molecular weight excluding hydrogens is 364 g/mol. The zero-order chi connectivity index (χ0) is 19.9. The van der Waals surface area contributed by atoms with E-state index < -0.39 is 0 Å². The Bertz CT molecular complexity index is 776. The number of hydrogen-bond donors (Lipinski definition) is 1. The van der Waals surface area contributed by atoms with E-state index in [0.29, 0.717) is 5.92 Å². The van der Waals surface area contributed by atoms with Crippen molar-refractivity contribution < 1.29 is 4.74 Å². The van der Waals surface area contributed by atoms with E-state index in [1.165, 1.54) is 12.0 Å². The Morgan fingerprint density at radius 3 is 2.59 bits per heavy atom. The third-order valence-electron chi connectivity index (χ3n) is 5.72. The highest BCUT2D eigenvalue weighted by Gasteiger charge is 2.28. The van der Waals surface area contributed by atoms with Crippen LogP contribution in [-0.2, 0) is 4.74 Å². The van der Waals surface area contributed by atoms with Gasteiger partial charge in [0.05, 0.1) is 6.10 Å². The van der Waals surface area contributed by atoms with Crippen molar-refractivity contribution in [2.45, 2.75) is 18.9 Å². The molecule has 2 saturated heterocycles. The minimum absolute atomic E-state index is 0.155. The number of hydrogen-bond acceptors (Lipinski definition) is 5. The molecule has 2 fully saturated rings. The summed E-state index contributed by atoms with van der Waals surface area (Å²) in [6.45, 7) is 5.30. The van der Waals surface area contributed by atoms with Crippen molar-refractivity contribution in [1.29, 1.82) is 0 Å². The second-order valence-electron chi connectivity index (χ2n) is 7.56. The van der Waals surface area contributed by atoms with Crippen LogP contribution in [0.25, 0.3) is 0 Å². The molecule has 7 heteroatoms. The molecule has 0 radical (unpaired) electrons. The summed E-state index contributed by atoms with van der Waals surface area (Å²) in [4.78, 5) is 17.8. The lowest BCUT2D eigenvalue weighted by Gasteiger charge is -2.37. The molecule has 4 rings (SSSR count). The van der Waals surface area contributed by atoms with Crippen molar-refractivity contribution in [3.8, 4) is 0 Å². The van der Waals surface area contributed by atoms with Gasteiger partial charge in [-0.1, -0.05) is 30.3 Å². The molecule has 3 heterocycles. The van der Waals surface area contributed by atoms with Crippen molar-refractivity contribution in [3.63, 3.8) is 0 Å². The lowest BCUT2D eigenvalue weighted by Crippen LogP contribution is -2.53. The number of guanidine groups is 1. The largest absolute Gasteiger partial charge is 0.373 e. The van der Waals surface area contributed by atoms with Crippen LogP contribution in [0.15, 0.2) is 53.8 Å². The minimum atomic E-state index is 0.155. The molecule has 2 aromatic rings. The monoisotopic (exact) mass is 394 g/mol. The lowest BCUT2D eigenvalue weighted by molar-refractivity contribution is -0.0266. The third-order valence-corrected chi connectivity index (χ3v) is 5.72. The van der Waals surface area contributed by atoms with E-state index in [4.69, 9.17) is 4.74 Å². The fourth-order valence-electron chi connectivity index (χ4n) is 4.19. The average Bonchev–Trinajstić information content (AvgIpc) is 2.81. The Balaban J connectivity index is 1.32. The topological polar surface area (TPSA) is 65.9 Å². The number of aliphatic imine (C=N–C) groups is 1. The normalized spacial score (nSPS) is 23.1. The van der Waals surface area contributed by atoms with Gasteiger partial charge in [-0.05, 0) is 24.5 Å². The Hall–Kier alpha value is -2.67. The van der Waals surface area contributed by atoms with E-state index in [9.17, 15) is 0 Å². The number of ether oxygens (including phenoxy) is 1. The zero-order valence-corrected chi connectivity index (χ0v) is 17.1. The van der Waals surface area contributed by atoms with Crippen LogP contribution in [0, 0.1) is 5.92 Å². The quantitative estimate of drug-likeness (QED) is 0.634. The van der Waals surface area contributed by atoms with Gasteiger partial charge in [-0.3, -0.25) is 4.99 Å². The SMILES string of the molecule is CN=C(NCC1CCCOC1c1ccccc1)N1CCN(c2ncccn2)CC1. The van der Waals surface area contributed by atoms with Crippen LogP contribution in [0.3, 0.4) is 0 Å². The van der Waals surface area contributed by atoms with Crippen LogP contribution >= 0.6 is 0 Å². The van der Waals surface area contributed by atoms with Gasteiger partial charge in [0.15, 0.2) is 5.96 Å². The summed E-state index contributed by atoms with van der Waals surface area (Å²) in [5, 5.41) is 3.61. The predicted molar refractivity (Wildman–Crippen MR) is 115 cm³/mol. The summed E-state index contributed by atoms with van der Waals surface area (Å²) in [5.74, 6) is 2.22. The van der Waals surface area contributed by atoms with Crippen LogP contribution in [0.5, 0.6) is 0 Å².